The Balaban J connectivity index is -0.0000000600. The van der Waals surface area contributed by atoms with Gasteiger partial charge < -0.3 is 29.7 Å². The molecule has 0 aliphatic heterocycles. The first kappa shape index (κ1) is 24.0. The second-order valence-electron chi connectivity index (χ2n) is 1.90. The highest BCUT2D eigenvalue weighted by atomic mass is 28.3. The van der Waals surface area contributed by atoms with E-state index in [1.54, 1.807) is 0 Å². The van der Waals surface area contributed by atoms with Crippen LogP contribution in [0.4, 0.5) is 0 Å². The molecule has 0 amide bonds. The summed E-state index contributed by atoms with van der Waals surface area (Å²) in [6, 6.07) is 0. The molecule has 0 aromatic rings. The summed E-state index contributed by atoms with van der Waals surface area (Å²) in [5, 5.41) is 22.2. The average Bonchev–Trinajstić information content (AvgIpc) is 1.76. The molecule has 0 bridgehead atoms. The maximum atomic E-state index is 9.00. The van der Waals surface area contributed by atoms with Crippen LogP contribution in [0.15, 0.2) is 0 Å². The minimum absolute atomic E-state index is 0.833. The van der Waals surface area contributed by atoms with Gasteiger partial charge in [0.2, 0.25) is 0 Å². The predicted molar refractivity (Wildman–Crippen MR) is 53.7 cm³/mol. The van der Waals surface area contributed by atoms with Crippen LogP contribution in [0.25, 0.3) is 0 Å². The first-order valence-electron chi connectivity index (χ1n) is 3.56. The fraction of sp³-hybridized carbons (Fsp3) is 0.500. The van der Waals surface area contributed by atoms with Gasteiger partial charge in [-0.25, -0.2) is 0 Å². The summed E-state index contributed by atoms with van der Waals surface area (Å²) < 4.78 is 0. The van der Waals surface area contributed by atoms with Gasteiger partial charge in [0.25, 0.3) is 17.9 Å². The van der Waals surface area contributed by atoms with Crippen molar-refractivity contribution >= 4 is 27.4 Å². The van der Waals surface area contributed by atoms with Crippen LogP contribution >= 0.6 is 0 Å². The molecular weight excluding hydrogens is 244 g/mol. The highest BCUT2D eigenvalue weighted by molar-refractivity contribution is 6.30. The molecule has 0 saturated carbocycles. The lowest BCUT2D eigenvalue weighted by atomic mass is 10.9. The van der Waals surface area contributed by atoms with Gasteiger partial charge in [0.05, 0.1) is 0 Å². The number of rotatable bonds is 0. The number of carboxylic acid groups (broad SMARTS) is 3. The van der Waals surface area contributed by atoms with Crippen LogP contribution in [-0.4, -0.2) is 57.1 Å². The van der Waals surface area contributed by atoms with E-state index in [0.29, 0.717) is 0 Å². The molecule has 0 aliphatic rings. The molecule has 0 aromatic carbocycles. The lowest BCUT2D eigenvalue weighted by Gasteiger charge is -1.74. The molecule has 0 heterocycles. The van der Waals surface area contributed by atoms with E-state index in [0.717, 1.165) is 20.8 Å². The van der Waals surface area contributed by atoms with Gasteiger partial charge in [-0.15, -0.1) is 0 Å². The average molecular weight is 260 g/mol. The fourth-order valence-electron chi connectivity index (χ4n) is 0. The molecule has 0 aromatic heterocycles. The van der Waals surface area contributed by atoms with E-state index < -0.39 is 27.4 Å². The Kier molecular flexibility index (Phi) is 28.7. The van der Waals surface area contributed by atoms with E-state index in [1.165, 1.54) is 0 Å². The third-order valence-electron chi connectivity index (χ3n) is 0. The van der Waals surface area contributed by atoms with Gasteiger partial charge in [0.15, 0.2) is 0 Å². The van der Waals surface area contributed by atoms with Crippen LogP contribution in [0, 0.1) is 0 Å². The van der Waals surface area contributed by atoms with E-state index in [9.17, 15) is 0 Å². The Morgan fingerprint density at radius 3 is 0.688 bits per heavy atom. The predicted octanol–water partition coefficient (Wildman–Crippen LogP) is -2.05. The van der Waals surface area contributed by atoms with Crippen LogP contribution in [0.5, 0.6) is 0 Å². The summed E-state index contributed by atoms with van der Waals surface area (Å²) in [5.74, 6) is -2.50. The lowest BCUT2D eigenvalue weighted by Crippen LogP contribution is -2.07. The maximum Gasteiger partial charge on any atom is 0.475 e. The van der Waals surface area contributed by atoms with Crippen molar-refractivity contribution in [1.82, 2.24) is 0 Å². The van der Waals surface area contributed by atoms with Gasteiger partial charge in [-0.3, -0.25) is 14.4 Å². The molecule has 0 unspecified atom stereocenters. The normalized spacial score (nSPS) is 6.94. The maximum absolute atomic E-state index is 9.00. The largest absolute Gasteiger partial charge is 0.481 e. The van der Waals surface area contributed by atoms with Crippen molar-refractivity contribution in [2.45, 2.75) is 20.8 Å². The zero-order valence-corrected chi connectivity index (χ0v) is 10.1. The number of hydrogen-bond donors (Lipinski definition) is 6. The van der Waals surface area contributed by atoms with Gasteiger partial charge in [-0.2, -0.15) is 0 Å². The Labute approximate surface area is 93.2 Å². The van der Waals surface area contributed by atoms with E-state index in [1.807, 2.05) is 0 Å². The quantitative estimate of drug-likeness (QED) is 0.268. The standard InChI is InChI=1S/3C2H4O2.H4O3Si/c3*1-2(3)4;1-4(2)3/h3*1H3,(H,3,4);1-4H. The lowest BCUT2D eigenvalue weighted by molar-refractivity contribution is -0.135. The molecule has 0 aliphatic carbocycles. The van der Waals surface area contributed by atoms with Crippen molar-refractivity contribution in [3.8, 4) is 0 Å². The van der Waals surface area contributed by atoms with Gasteiger partial charge in [-0.1, -0.05) is 0 Å². The van der Waals surface area contributed by atoms with Crippen LogP contribution in [-0.2, 0) is 14.4 Å². The van der Waals surface area contributed by atoms with E-state index >= 15 is 0 Å². The Morgan fingerprint density at radius 1 is 0.688 bits per heavy atom. The second kappa shape index (κ2) is 19.1. The SMILES string of the molecule is CC(=O)O.CC(=O)O.CC(=O)O.O[SiH](O)O. The van der Waals surface area contributed by atoms with Crippen molar-refractivity contribution in [1.29, 1.82) is 0 Å². The highest BCUT2D eigenvalue weighted by Crippen LogP contribution is 1.42. The minimum Gasteiger partial charge on any atom is -0.481 e. The molecule has 0 rings (SSSR count). The topological polar surface area (TPSA) is 173 Å². The summed E-state index contributed by atoms with van der Waals surface area (Å²) in [5.41, 5.74) is 0. The molecule has 16 heavy (non-hydrogen) atoms. The van der Waals surface area contributed by atoms with Crippen molar-refractivity contribution < 1.29 is 44.1 Å². The van der Waals surface area contributed by atoms with Crippen LogP contribution in [0.1, 0.15) is 20.8 Å². The molecule has 0 spiro atoms. The smallest absolute Gasteiger partial charge is 0.475 e. The zero-order chi connectivity index (χ0) is 14.3. The molecule has 0 atom stereocenters. The Bertz CT molecular complexity index is 147. The third kappa shape index (κ3) is 743. The van der Waals surface area contributed by atoms with Crippen LogP contribution in [0.3, 0.4) is 0 Å². The summed E-state index contributed by atoms with van der Waals surface area (Å²) >= 11 is 0. The van der Waals surface area contributed by atoms with Gasteiger partial charge in [0, 0.05) is 20.8 Å². The van der Waals surface area contributed by atoms with E-state index in [4.69, 9.17) is 44.1 Å². The molecule has 6 N–H and O–H groups in total. The van der Waals surface area contributed by atoms with Gasteiger partial charge in [-0.05, 0) is 0 Å². The van der Waals surface area contributed by atoms with Gasteiger partial charge in [0.1, 0.15) is 0 Å². The van der Waals surface area contributed by atoms with Gasteiger partial charge >= 0.3 is 9.53 Å². The zero-order valence-electron chi connectivity index (χ0n) is 8.99. The number of hydrogen-bond acceptors (Lipinski definition) is 6. The number of carbonyl (C=O) groups is 3. The van der Waals surface area contributed by atoms with Crippen LogP contribution in [0.2, 0.25) is 0 Å². The monoisotopic (exact) mass is 260 g/mol. The minimum atomic E-state index is -3.14. The molecule has 9 nitrogen and oxygen atoms in total. The van der Waals surface area contributed by atoms with Crippen molar-refractivity contribution in [2.24, 2.45) is 0 Å². The molecular formula is C6H16O9Si. The first-order chi connectivity index (χ1) is 6.93. The van der Waals surface area contributed by atoms with Crippen LogP contribution < -0.4 is 0 Å². The fourth-order valence-corrected chi connectivity index (χ4v) is 0. The summed E-state index contributed by atoms with van der Waals surface area (Å²) in [6.45, 7) is 3.25. The van der Waals surface area contributed by atoms with E-state index in [2.05, 4.69) is 0 Å². The second-order valence-corrected chi connectivity index (χ2v) is 2.60. The Morgan fingerprint density at radius 2 is 0.688 bits per heavy atom. The summed E-state index contributed by atoms with van der Waals surface area (Å²) in [6.07, 6.45) is 0. The van der Waals surface area contributed by atoms with Crippen molar-refractivity contribution in [3.63, 3.8) is 0 Å². The number of carboxylic acids is 3. The first-order valence-corrected chi connectivity index (χ1v) is 5.11. The highest BCUT2D eigenvalue weighted by Gasteiger charge is 1.83. The van der Waals surface area contributed by atoms with Crippen molar-refractivity contribution in [2.75, 3.05) is 0 Å². The van der Waals surface area contributed by atoms with E-state index in [-0.39, 0.29) is 0 Å². The Hall–Kier alpha value is -1.49. The third-order valence-corrected chi connectivity index (χ3v) is 0. The summed E-state index contributed by atoms with van der Waals surface area (Å²) in [4.78, 5) is 48.9. The molecule has 10 heteroatoms. The molecule has 0 radical (unpaired) electrons. The molecule has 0 fully saturated rings. The summed E-state index contributed by atoms with van der Waals surface area (Å²) in [7, 11) is -3.14. The molecule has 0 saturated heterocycles. The number of aliphatic carboxylic acids is 3. The van der Waals surface area contributed by atoms with Crippen molar-refractivity contribution in [3.05, 3.63) is 0 Å². The molecule has 98 valence electrons.